The highest BCUT2D eigenvalue weighted by atomic mass is 16.5. The van der Waals surface area contributed by atoms with Crippen LogP contribution in [0.5, 0.6) is 0 Å². The largest absolute Gasteiger partial charge is 0.366 e. The molecule has 21 heavy (non-hydrogen) atoms. The number of carbonyl (C=O) groups is 1. The fourth-order valence-electron chi connectivity index (χ4n) is 2.16. The van der Waals surface area contributed by atoms with Gasteiger partial charge in [-0.3, -0.25) is 4.79 Å². The Morgan fingerprint density at radius 2 is 1.86 bits per heavy atom. The average molecular weight is 279 g/mol. The van der Waals surface area contributed by atoms with Crippen LogP contribution in [0.15, 0.2) is 53.1 Å². The lowest BCUT2D eigenvalue weighted by atomic mass is 9.97. The van der Waals surface area contributed by atoms with Gasteiger partial charge in [0.1, 0.15) is 0 Å². The summed E-state index contributed by atoms with van der Waals surface area (Å²) in [7, 11) is 0. The van der Waals surface area contributed by atoms with Gasteiger partial charge in [-0.2, -0.15) is 4.98 Å². The number of carbonyl (C=O) groups excluding carboxylic acids is 1. The van der Waals surface area contributed by atoms with Gasteiger partial charge in [0.25, 0.3) is 0 Å². The monoisotopic (exact) mass is 279 g/mol. The number of aryl methyl sites for hydroxylation is 1. The van der Waals surface area contributed by atoms with E-state index in [1.54, 1.807) is 19.1 Å². The van der Waals surface area contributed by atoms with Gasteiger partial charge in [0.15, 0.2) is 0 Å². The maximum atomic E-state index is 11.4. The van der Waals surface area contributed by atoms with Crippen molar-refractivity contribution in [1.29, 1.82) is 0 Å². The van der Waals surface area contributed by atoms with E-state index >= 15 is 0 Å². The fraction of sp³-hybridized carbons (Fsp3) is 0.0625. The van der Waals surface area contributed by atoms with Crippen LogP contribution in [0, 0.1) is 6.92 Å². The lowest BCUT2D eigenvalue weighted by molar-refractivity contribution is 0.100. The van der Waals surface area contributed by atoms with Gasteiger partial charge in [0.05, 0.1) is 0 Å². The van der Waals surface area contributed by atoms with Gasteiger partial charge in [-0.1, -0.05) is 41.6 Å². The third-order valence-corrected chi connectivity index (χ3v) is 3.16. The van der Waals surface area contributed by atoms with Crippen LogP contribution < -0.4 is 5.73 Å². The fourth-order valence-corrected chi connectivity index (χ4v) is 2.16. The van der Waals surface area contributed by atoms with E-state index in [0.29, 0.717) is 22.8 Å². The molecule has 0 saturated carbocycles. The van der Waals surface area contributed by atoms with Gasteiger partial charge >= 0.3 is 0 Å². The molecule has 0 aliphatic carbocycles. The third kappa shape index (κ3) is 2.53. The number of hydrogen-bond acceptors (Lipinski definition) is 4. The zero-order valence-corrected chi connectivity index (χ0v) is 11.4. The molecular formula is C16H13N3O2. The molecule has 0 radical (unpaired) electrons. The highest BCUT2D eigenvalue weighted by Crippen LogP contribution is 2.31. The van der Waals surface area contributed by atoms with E-state index in [9.17, 15) is 4.79 Å². The zero-order chi connectivity index (χ0) is 14.8. The first kappa shape index (κ1) is 13.1. The maximum absolute atomic E-state index is 11.4. The van der Waals surface area contributed by atoms with E-state index in [1.807, 2.05) is 36.4 Å². The number of primary amides is 1. The van der Waals surface area contributed by atoms with Crippen LogP contribution in [0.3, 0.4) is 0 Å². The van der Waals surface area contributed by atoms with E-state index in [2.05, 4.69) is 10.1 Å². The van der Waals surface area contributed by atoms with Crippen molar-refractivity contribution in [2.45, 2.75) is 6.92 Å². The Morgan fingerprint density at radius 1 is 1.10 bits per heavy atom. The molecule has 1 heterocycles. The highest BCUT2D eigenvalue weighted by molar-refractivity contribution is 5.96. The number of aromatic nitrogens is 2. The molecule has 104 valence electrons. The molecule has 0 saturated heterocycles. The summed E-state index contributed by atoms with van der Waals surface area (Å²) in [6.07, 6.45) is 0. The van der Waals surface area contributed by atoms with Crippen LogP contribution in [-0.4, -0.2) is 16.0 Å². The predicted molar refractivity (Wildman–Crippen MR) is 78.4 cm³/mol. The van der Waals surface area contributed by atoms with Crippen molar-refractivity contribution < 1.29 is 9.32 Å². The normalized spacial score (nSPS) is 10.5. The summed E-state index contributed by atoms with van der Waals surface area (Å²) in [6, 6.07) is 15.0. The van der Waals surface area contributed by atoms with Gasteiger partial charge < -0.3 is 10.3 Å². The van der Waals surface area contributed by atoms with Crippen molar-refractivity contribution in [1.82, 2.24) is 10.1 Å². The predicted octanol–water partition coefficient (Wildman–Crippen LogP) is 2.81. The van der Waals surface area contributed by atoms with Crippen molar-refractivity contribution in [3.8, 4) is 22.5 Å². The summed E-state index contributed by atoms with van der Waals surface area (Å²) in [6.45, 7) is 1.72. The van der Waals surface area contributed by atoms with Crippen LogP contribution in [0.4, 0.5) is 0 Å². The molecule has 2 aromatic carbocycles. The number of hydrogen-bond donors (Lipinski definition) is 1. The van der Waals surface area contributed by atoms with Crippen LogP contribution in [0.25, 0.3) is 22.5 Å². The Hall–Kier alpha value is -2.95. The first-order valence-corrected chi connectivity index (χ1v) is 6.45. The molecule has 3 rings (SSSR count). The van der Waals surface area contributed by atoms with Crippen molar-refractivity contribution in [2.75, 3.05) is 0 Å². The third-order valence-electron chi connectivity index (χ3n) is 3.16. The van der Waals surface area contributed by atoms with Gasteiger partial charge in [-0.15, -0.1) is 0 Å². The molecule has 0 spiro atoms. The minimum absolute atomic E-state index is 0.409. The smallest absolute Gasteiger partial charge is 0.248 e. The minimum Gasteiger partial charge on any atom is -0.366 e. The molecule has 2 N–H and O–H groups in total. The summed E-state index contributed by atoms with van der Waals surface area (Å²) in [5.74, 6) is 0.416. The second-order valence-corrected chi connectivity index (χ2v) is 4.63. The maximum Gasteiger partial charge on any atom is 0.248 e. The molecule has 5 heteroatoms. The van der Waals surface area contributed by atoms with E-state index in [1.165, 1.54) is 0 Å². The van der Waals surface area contributed by atoms with Crippen molar-refractivity contribution in [3.63, 3.8) is 0 Å². The molecule has 0 aliphatic rings. The summed E-state index contributed by atoms with van der Waals surface area (Å²) in [4.78, 5) is 15.6. The van der Waals surface area contributed by atoms with Crippen LogP contribution in [-0.2, 0) is 0 Å². The number of nitrogens with two attached hydrogens (primary N) is 1. The van der Waals surface area contributed by atoms with Gasteiger partial charge in [0, 0.05) is 18.1 Å². The van der Waals surface area contributed by atoms with Crippen LogP contribution in [0.1, 0.15) is 16.2 Å². The van der Waals surface area contributed by atoms with Crippen molar-refractivity contribution in [2.24, 2.45) is 5.73 Å². The van der Waals surface area contributed by atoms with E-state index in [4.69, 9.17) is 10.3 Å². The Bertz CT molecular complexity index is 794. The van der Waals surface area contributed by atoms with E-state index in [0.717, 1.165) is 11.1 Å². The topological polar surface area (TPSA) is 82.0 Å². The summed E-state index contributed by atoms with van der Waals surface area (Å²) < 4.78 is 5.03. The van der Waals surface area contributed by atoms with Gasteiger partial charge in [-0.25, -0.2) is 0 Å². The molecule has 0 atom stereocenters. The minimum atomic E-state index is -0.490. The molecule has 0 unspecified atom stereocenters. The van der Waals surface area contributed by atoms with Crippen molar-refractivity contribution >= 4 is 5.91 Å². The summed E-state index contributed by atoms with van der Waals surface area (Å²) in [5.41, 5.74) is 8.40. The van der Waals surface area contributed by atoms with Crippen molar-refractivity contribution in [3.05, 3.63) is 60.0 Å². The second-order valence-electron chi connectivity index (χ2n) is 4.63. The first-order chi connectivity index (χ1) is 10.1. The molecule has 0 fully saturated rings. The molecule has 3 aromatic rings. The lowest BCUT2D eigenvalue weighted by Crippen LogP contribution is -2.11. The second kappa shape index (κ2) is 5.20. The first-order valence-electron chi connectivity index (χ1n) is 6.45. The Morgan fingerprint density at radius 3 is 2.48 bits per heavy atom. The number of rotatable bonds is 3. The molecule has 1 amide bonds. The molecule has 1 aromatic heterocycles. The van der Waals surface area contributed by atoms with E-state index in [-0.39, 0.29) is 0 Å². The SMILES string of the molecule is Cc1nc(-c2cc(C(N)=O)ccc2-c2ccccc2)no1. The average Bonchev–Trinajstić information content (AvgIpc) is 2.94. The van der Waals surface area contributed by atoms with E-state index < -0.39 is 5.91 Å². The standard InChI is InChI=1S/C16H13N3O2/c1-10-18-16(19-21-10)14-9-12(15(17)20)7-8-13(14)11-5-3-2-4-6-11/h2-9H,1H3,(H2,17,20). The molecule has 0 bridgehead atoms. The quantitative estimate of drug-likeness (QED) is 0.799. The number of nitrogens with zero attached hydrogens (tertiary/aromatic N) is 2. The van der Waals surface area contributed by atoms with Crippen LogP contribution >= 0.6 is 0 Å². The van der Waals surface area contributed by atoms with Gasteiger partial charge in [0.2, 0.25) is 17.6 Å². The van der Waals surface area contributed by atoms with Gasteiger partial charge in [-0.05, 0) is 23.3 Å². The zero-order valence-electron chi connectivity index (χ0n) is 11.4. The summed E-state index contributed by atoms with van der Waals surface area (Å²) >= 11 is 0. The molecular weight excluding hydrogens is 266 g/mol. The van der Waals surface area contributed by atoms with Crippen LogP contribution in [0.2, 0.25) is 0 Å². The molecule has 0 aliphatic heterocycles. The molecule has 5 nitrogen and oxygen atoms in total. The lowest BCUT2D eigenvalue weighted by Gasteiger charge is -2.08. The Kier molecular flexibility index (Phi) is 3.23. The Labute approximate surface area is 121 Å². The Balaban J connectivity index is 2.22. The number of benzene rings is 2. The highest BCUT2D eigenvalue weighted by Gasteiger charge is 2.14. The summed E-state index contributed by atoms with van der Waals surface area (Å²) in [5, 5.41) is 3.93. The number of amides is 1.